The maximum absolute atomic E-state index is 12.1. The van der Waals surface area contributed by atoms with Crippen LogP contribution in [0.15, 0.2) is 42.7 Å². The first-order valence-corrected chi connectivity index (χ1v) is 7.71. The molecular formula is C19H20N2O3. The van der Waals surface area contributed by atoms with Crippen molar-refractivity contribution >= 4 is 5.97 Å². The summed E-state index contributed by atoms with van der Waals surface area (Å²) >= 11 is 0. The van der Waals surface area contributed by atoms with Crippen molar-refractivity contribution in [1.82, 2.24) is 9.97 Å². The fraction of sp³-hybridized carbons (Fsp3) is 0.316. The van der Waals surface area contributed by atoms with Crippen LogP contribution >= 0.6 is 0 Å². The van der Waals surface area contributed by atoms with Crippen LogP contribution in [0, 0.1) is 17.8 Å². The molecule has 2 rings (SSSR count). The number of carbonyl (C=O) groups is 1. The molecule has 1 unspecified atom stereocenters. The van der Waals surface area contributed by atoms with Gasteiger partial charge < -0.3 is 9.47 Å². The Morgan fingerprint density at radius 3 is 2.62 bits per heavy atom. The van der Waals surface area contributed by atoms with E-state index in [0.717, 1.165) is 5.56 Å². The normalized spacial score (nSPS) is 11.3. The maximum Gasteiger partial charge on any atom is 0.309 e. The molecule has 2 aromatic rings. The highest BCUT2D eigenvalue weighted by molar-refractivity contribution is 5.72. The number of hydrogen-bond donors (Lipinski definition) is 0. The summed E-state index contributed by atoms with van der Waals surface area (Å²) in [6.45, 7) is 5.57. The lowest BCUT2D eigenvalue weighted by Crippen LogP contribution is -2.18. The van der Waals surface area contributed by atoms with Gasteiger partial charge in [0.2, 0.25) is 5.88 Å². The van der Waals surface area contributed by atoms with Crippen LogP contribution in [0.1, 0.15) is 38.1 Å². The summed E-state index contributed by atoms with van der Waals surface area (Å²) in [6, 6.07) is 11.1. The molecule has 0 aliphatic rings. The summed E-state index contributed by atoms with van der Waals surface area (Å²) in [4.78, 5) is 20.4. The average Bonchev–Trinajstić information content (AvgIpc) is 2.60. The largest absolute Gasteiger partial charge is 0.464 e. The first-order valence-electron chi connectivity index (χ1n) is 7.71. The zero-order valence-corrected chi connectivity index (χ0v) is 14.0. The molecule has 0 bridgehead atoms. The van der Waals surface area contributed by atoms with Crippen LogP contribution in [0.5, 0.6) is 5.88 Å². The lowest BCUT2D eigenvalue weighted by Gasteiger charge is -2.19. The predicted molar refractivity (Wildman–Crippen MR) is 90.2 cm³/mol. The number of ether oxygens (including phenoxy) is 2. The molecule has 0 saturated heterocycles. The predicted octanol–water partition coefficient (Wildman–Crippen LogP) is 3.17. The fourth-order valence-electron chi connectivity index (χ4n) is 1.94. The molecule has 0 aliphatic heterocycles. The lowest BCUT2D eigenvalue weighted by atomic mass is 10.1. The second-order valence-electron chi connectivity index (χ2n) is 5.38. The second kappa shape index (κ2) is 8.68. The van der Waals surface area contributed by atoms with Crippen LogP contribution in [0.25, 0.3) is 0 Å². The highest BCUT2D eigenvalue weighted by atomic mass is 16.5. The number of hydrogen-bond acceptors (Lipinski definition) is 5. The highest BCUT2D eigenvalue weighted by Crippen LogP contribution is 2.27. The molecule has 0 N–H and O–H groups in total. The molecule has 0 fully saturated rings. The molecule has 1 aromatic heterocycles. The summed E-state index contributed by atoms with van der Waals surface area (Å²) < 4.78 is 11.1. The van der Waals surface area contributed by atoms with Gasteiger partial charge in [0.15, 0.2) is 12.7 Å². The van der Waals surface area contributed by atoms with E-state index in [1.165, 1.54) is 6.33 Å². The molecule has 24 heavy (non-hydrogen) atoms. The molecule has 124 valence electrons. The van der Waals surface area contributed by atoms with E-state index in [2.05, 4.69) is 21.8 Å². The second-order valence-corrected chi connectivity index (χ2v) is 5.38. The Labute approximate surface area is 142 Å². The smallest absolute Gasteiger partial charge is 0.309 e. The number of aromatic nitrogens is 2. The zero-order valence-electron chi connectivity index (χ0n) is 14.0. The third kappa shape index (κ3) is 4.82. The Morgan fingerprint density at radius 1 is 1.21 bits per heavy atom. The molecule has 0 spiro atoms. The van der Waals surface area contributed by atoms with Gasteiger partial charge in [0.05, 0.1) is 11.6 Å². The van der Waals surface area contributed by atoms with Crippen molar-refractivity contribution in [3.63, 3.8) is 0 Å². The van der Waals surface area contributed by atoms with Gasteiger partial charge in [-0.15, -0.1) is 5.92 Å². The summed E-state index contributed by atoms with van der Waals surface area (Å²) in [5.74, 6) is 5.43. The molecule has 0 amide bonds. The van der Waals surface area contributed by atoms with Crippen molar-refractivity contribution in [2.45, 2.75) is 26.9 Å². The third-order valence-corrected chi connectivity index (χ3v) is 3.21. The van der Waals surface area contributed by atoms with E-state index >= 15 is 0 Å². The lowest BCUT2D eigenvalue weighted by molar-refractivity contribution is -0.151. The summed E-state index contributed by atoms with van der Waals surface area (Å²) in [7, 11) is 0. The van der Waals surface area contributed by atoms with E-state index in [1.54, 1.807) is 26.8 Å². The van der Waals surface area contributed by atoms with Crippen molar-refractivity contribution in [3.8, 4) is 17.7 Å². The zero-order chi connectivity index (χ0) is 17.4. The van der Waals surface area contributed by atoms with E-state index in [9.17, 15) is 4.79 Å². The number of rotatable bonds is 6. The Balaban J connectivity index is 2.30. The van der Waals surface area contributed by atoms with E-state index in [0.29, 0.717) is 11.6 Å². The van der Waals surface area contributed by atoms with Gasteiger partial charge in [-0.05, 0) is 12.5 Å². The minimum atomic E-state index is -0.608. The Kier molecular flexibility index (Phi) is 6.32. The number of nitrogens with zero attached hydrogens (tertiary/aromatic N) is 2. The molecular weight excluding hydrogens is 304 g/mol. The van der Waals surface area contributed by atoms with Crippen molar-refractivity contribution in [3.05, 3.63) is 54.0 Å². The van der Waals surface area contributed by atoms with Gasteiger partial charge in [0.1, 0.15) is 6.33 Å². The van der Waals surface area contributed by atoms with Gasteiger partial charge in [0.25, 0.3) is 0 Å². The highest BCUT2D eigenvalue weighted by Gasteiger charge is 2.22. The van der Waals surface area contributed by atoms with E-state index in [1.807, 2.05) is 30.3 Å². The molecule has 1 heterocycles. The topological polar surface area (TPSA) is 61.3 Å². The molecule has 1 aromatic carbocycles. The maximum atomic E-state index is 12.1. The van der Waals surface area contributed by atoms with Crippen LogP contribution in [0.2, 0.25) is 0 Å². The van der Waals surface area contributed by atoms with Gasteiger partial charge in [-0.3, -0.25) is 4.79 Å². The van der Waals surface area contributed by atoms with Gasteiger partial charge in [-0.25, -0.2) is 9.97 Å². The fourth-order valence-corrected chi connectivity index (χ4v) is 1.94. The van der Waals surface area contributed by atoms with Gasteiger partial charge in [0, 0.05) is 6.07 Å². The van der Waals surface area contributed by atoms with Crippen LogP contribution in [0.4, 0.5) is 0 Å². The summed E-state index contributed by atoms with van der Waals surface area (Å²) in [5.41, 5.74) is 1.40. The molecule has 0 saturated carbocycles. The Bertz CT molecular complexity index is 733. The van der Waals surface area contributed by atoms with E-state index in [4.69, 9.17) is 9.47 Å². The summed E-state index contributed by atoms with van der Waals surface area (Å²) in [6.07, 6.45) is 0.784. The van der Waals surface area contributed by atoms with Crippen molar-refractivity contribution < 1.29 is 14.3 Å². The summed E-state index contributed by atoms with van der Waals surface area (Å²) in [5, 5.41) is 0. The van der Waals surface area contributed by atoms with Gasteiger partial charge >= 0.3 is 5.97 Å². The first-order chi connectivity index (χ1) is 11.6. The molecule has 0 radical (unpaired) electrons. The monoisotopic (exact) mass is 324 g/mol. The van der Waals surface area contributed by atoms with Gasteiger partial charge in [-0.2, -0.15) is 0 Å². The van der Waals surface area contributed by atoms with Crippen molar-refractivity contribution in [2.75, 3.05) is 6.61 Å². The van der Waals surface area contributed by atoms with Crippen LogP contribution in [0.3, 0.4) is 0 Å². The van der Waals surface area contributed by atoms with Crippen molar-refractivity contribution in [1.29, 1.82) is 0 Å². The van der Waals surface area contributed by atoms with E-state index < -0.39 is 6.10 Å². The molecule has 1 atom stereocenters. The number of benzene rings is 1. The standard InChI is InChI=1S/C19H20N2O3/c1-4-5-11-23-17-12-16(20-13-21-17)18(24-19(22)14(2)3)15-9-7-6-8-10-15/h6-10,12-14,18H,11H2,1-3H3. The Morgan fingerprint density at radius 2 is 1.96 bits per heavy atom. The van der Waals surface area contributed by atoms with Crippen LogP contribution in [-0.4, -0.2) is 22.5 Å². The van der Waals surface area contributed by atoms with Gasteiger partial charge in [-0.1, -0.05) is 50.1 Å². The number of esters is 1. The minimum absolute atomic E-state index is 0.228. The van der Waals surface area contributed by atoms with Crippen molar-refractivity contribution in [2.24, 2.45) is 5.92 Å². The van der Waals surface area contributed by atoms with Crippen LogP contribution < -0.4 is 4.74 Å². The first kappa shape index (κ1) is 17.5. The quantitative estimate of drug-likeness (QED) is 0.603. The minimum Gasteiger partial charge on any atom is -0.464 e. The third-order valence-electron chi connectivity index (χ3n) is 3.21. The Hall–Kier alpha value is -2.87. The molecule has 5 heteroatoms. The van der Waals surface area contributed by atoms with E-state index in [-0.39, 0.29) is 18.5 Å². The number of carbonyl (C=O) groups excluding carboxylic acids is 1. The average molecular weight is 324 g/mol. The molecule has 5 nitrogen and oxygen atoms in total. The molecule has 0 aliphatic carbocycles. The SMILES string of the molecule is CC#CCOc1cc(C(OC(=O)C(C)C)c2ccccc2)ncn1. The van der Waals surface area contributed by atoms with Crippen LogP contribution in [-0.2, 0) is 9.53 Å².